The Kier molecular flexibility index (Phi) is 5.68. The van der Waals surface area contributed by atoms with Gasteiger partial charge in [0.1, 0.15) is 11.5 Å². The summed E-state index contributed by atoms with van der Waals surface area (Å²) >= 11 is 3.32. The van der Waals surface area contributed by atoms with Gasteiger partial charge < -0.3 is 14.2 Å². The van der Waals surface area contributed by atoms with E-state index in [1.54, 1.807) is 66.7 Å². The van der Waals surface area contributed by atoms with Crippen LogP contribution >= 0.6 is 15.9 Å². The molecule has 0 aliphatic carbocycles. The molecule has 6 nitrogen and oxygen atoms in total. The molecule has 31 heavy (non-hydrogen) atoms. The van der Waals surface area contributed by atoms with E-state index in [4.69, 9.17) is 9.47 Å². The lowest BCUT2D eigenvalue weighted by Crippen LogP contribution is -2.09. The second kappa shape index (κ2) is 8.57. The number of Topliss-reactive ketones (excluding diaryl/α,β-unsaturated/α-hetero) is 1. The van der Waals surface area contributed by atoms with Crippen LogP contribution in [0, 0.1) is 0 Å². The lowest BCUT2D eigenvalue weighted by molar-refractivity contribution is 0.0600. The van der Waals surface area contributed by atoms with Gasteiger partial charge in [-0.15, -0.1) is 0 Å². The molecule has 0 spiro atoms. The monoisotopic (exact) mass is 478 g/mol. The Morgan fingerprint density at radius 2 is 1.71 bits per heavy atom. The molecule has 0 N–H and O–H groups in total. The molecular formula is C24H15BrO6. The molecule has 0 saturated heterocycles. The quantitative estimate of drug-likeness (QED) is 0.295. The van der Waals surface area contributed by atoms with Gasteiger partial charge in [0.25, 0.3) is 0 Å². The van der Waals surface area contributed by atoms with Gasteiger partial charge in [-0.3, -0.25) is 4.79 Å². The topological polar surface area (TPSA) is 78.9 Å². The minimum absolute atomic E-state index is 0.134. The van der Waals surface area contributed by atoms with Crippen molar-refractivity contribution in [2.24, 2.45) is 0 Å². The maximum absolute atomic E-state index is 12.6. The van der Waals surface area contributed by atoms with Crippen molar-refractivity contribution in [2.45, 2.75) is 0 Å². The lowest BCUT2D eigenvalue weighted by Gasteiger charge is -2.07. The van der Waals surface area contributed by atoms with Crippen molar-refractivity contribution in [3.63, 3.8) is 0 Å². The van der Waals surface area contributed by atoms with Crippen LogP contribution in [-0.4, -0.2) is 24.8 Å². The van der Waals surface area contributed by atoms with E-state index in [1.807, 2.05) is 0 Å². The third-order valence-corrected chi connectivity index (χ3v) is 5.27. The maximum Gasteiger partial charge on any atom is 0.344 e. The number of halogens is 1. The van der Waals surface area contributed by atoms with E-state index in [-0.39, 0.29) is 17.3 Å². The lowest BCUT2D eigenvalue weighted by atomic mass is 10.1. The average Bonchev–Trinajstić information content (AvgIpc) is 3.08. The van der Waals surface area contributed by atoms with Gasteiger partial charge in [0.05, 0.1) is 23.8 Å². The fourth-order valence-corrected chi connectivity index (χ4v) is 3.45. The molecule has 4 rings (SSSR count). The summed E-state index contributed by atoms with van der Waals surface area (Å²) in [5, 5.41) is 0. The van der Waals surface area contributed by atoms with Gasteiger partial charge in [-0.1, -0.05) is 24.3 Å². The highest BCUT2D eigenvalue weighted by atomic mass is 79.9. The van der Waals surface area contributed by atoms with Crippen molar-refractivity contribution in [1.82, 2.24) is 0 Å². The number of benzene rings is 3. The Balaban J connectivity index is 1.53. The number of fused-ring (bicyclic) bond motifs is 1. The molecule has 1 heterocycles. The van der Waals surface area contributed by atoms with Gasteiger partial charge in [0, 0.05) is 10.5 Å². The fourth-order valence-electron chi connectivity index (χ4n) is 3.00. The Morgan fingerprint density at radius 3 is 2.42 bits per heavy atom. The summed E-state index contributed by atoms with van der Waals surface area (Å²) in [6.45, 7) is 0. The summed E-state index contributed by atoms with van der Waals surface area (Å²) in [5.74, 6) is -0.552. The number of ketones is 1. The minimum Gasteiger partial charge on any atom is -0.465 e. The molecular weight excluding hydrogens is 464 g/mol. The van der Waals surface area contributed by atoms with Crippen molar-refractivity contribution in [3.05, 3.63) is 99.2 Å². The van der Waals surface area contributed by atoms with Crippen LogP contribution in [0.2, 0.25) is 0 Å². The third kappa shape index (κ3) is 4.27. The largest absolute Gasteiger partial charge is 0.465 e. The molecule has 0 amide bonds. The van der Waals surface area contributed by atoms with E-state index in [9.17, 15) is 14.4 Å². The third-order valence-electron chi connectivity index (χ3n) is 4.58. The van der Waals surface area contributed by atoms with E-state index < -0.39 is 11.9 Å². The van der Waals surface area contributed by atoms with Gasteiger partial charge in [0.15, 0.2) is 5.76 Å². The smallest absolute Gasteiger partial charge is 0.344 e. The zero-order valence-electron chi connectivity index (χ0n) is 16.3. The highest BCUT2D eigenvalue weighted by Gasteiger charge is 2.28. The Hall–Kier alpha value is -3.71. The molecule has 0 aromatic heterocycles. The minimum atomic E-state index is -0.529. The molecule has 3 aromatic rings. The molecule has 0 unspecified atom stereocenters. The second-order valence-electron chi connectivity index (χ2n) is 6.58. The number of rotatable bonds is 4. The molecule has 3 aromatic carbocycles. The first-order valence-corrected chi connectivity index (χ1v) is 9.99. The van der Waals surface area contributed by atoms with Crippen LogP contribution in [0.5, 0.6) is 11.5 Å². The van der Waals surface area contributed by atoms with Crippen LogP contribution < -0.4 is 9.47 Å². The van der Waals surface area contributed by atoms with Gasteiger partial charge >= 0.3 is 11.9 Å². The van der Waals surface area contributed by atoms with Crippen LogP contribution in [0.25, 0.3) is 6.08 Å². The summed E-state index contributed by atoms with van der Waals surface area (Å²) in [6.07, 6.45) is 1.58. The molecule has 0 radical (unpaired) electrons. The number of methoxy groups -OCH3 is 1. The first-order valence-electron chi connectivity index (χ1n) is 9.19. The van der Waals surface area contributed by atoms with Crippen LogP contribution in [-0.2, 0) is 4.74 Å². The maximum atomic E-state index is 12.6. The molecule has 0 bridgehead atoms. The van der Waals surface area contributed by atoms with Crippen LogP contribution in [0.15, 0.2) is 77.0 Å². The Morgan fingerprint density at radius 1 is 0.968 bits per heavy atom. The van der Waals surface area contributed by atoms with E-state index in [2.05, 4.69) is 20.7 Å². The second-order valence-corrected chi connectivity index (χ2v) is 7.44. The molecule has 154 valence electrons. The van der Waals surface area contributed by atoms with E-state index >= 15 is 0 Å². The van der Waals surface area contributed by atoms with Gasteiger partial charge in [0.2, 0.25) is 5.78 Å². The first kappa shape index (κ1) is 20.6. The number of hydrogen-bond acceptors (Lipinski definition) is 6. The molecule has 1 aliphatic rings. The molecule has 7 heteroatoms. The molecule has 0 fully saturated rings. The van der Waals surface area contributed by atoms with Gasteiger partial charge in [-0.2, -0.15) is 0 Å². The standard InChI is InChI=1S/C24H15BrO6/c1-29-23(27)15-8-6-14(7-9-15)12-21-22(26)18-11-10-16(13-20(18)31-21)30-24(28)17-4-2-3-5-19(17)25/h2-13H,1H3/b21-12-. The molecule has 0 saturated carbocycles. The average molecular weight is 479 g/mol. The summed E-state index contributed by atoms with van der Waals surface area (Å²) in [4.78, 5) is 36.6. The van der Waals surface area contributed by atoms with E-state index in [1.165, 1.54) is 13.2 Å². The zero-order chi connectivity index (χ0) is 22.0. The molecule has 0 atom stereocenters. The number of esters is 2. The van der Waals surface area contributed by atoms with E-state index in [0.29, 0.717) is 32.5 Å². The fraction of sp³-hybridized carbons (Fsp3) is 0.0417. The predicted molar refractivity (Wildman–Crippen MR) is 116 cm³/mol. The van der Waals surface area contributed by atoms with Crippen molar-refractivity contribution in [2.75, 3.05) is 7.11 Å². The number of carbonyl (C=O) groups excluding carboxylic acids is 3. The summed E-state index contributed by atoms with van der Waals surface area (Å²) in [5.41, 5.74) is 1.85. The number of carbonyl (C=O) groups is 3. The Bertz CT molecular complexity index is 1230. The number of ether oxygens (including phenoxy) is 3. The van der Waals surface area contributed by atoms with Crippen LogP contribution in [0.1, 0.15) is 36.6 Å². The SMILES string of the molecule is COC(=O)c1ccc(/C=C2\Oc3cc(OC(=O)c4ccccc4Br)ccc3C2=O)cc1. The predicted octanol–water partition coefficient (Wildman–Crippen LogP) is 5.07. The van der Waals surface area contributed by atoms with Crippen molar-refractivity contribution in [1.29, 1.82) is 0 Å². The summed E-state index contributed by atoms with van der Waals surface area (Å²) in [7, 11) is 1.31. The highest BCUT2D eigenvalue weighted by Crippen LogP contribution is 2.35. The molecule has 1 aliphatic heterocycles. The Labute approximate surface area is 186 Å². The first-order chi connectivity index (χ1) is 15.0. The van der Waals surface area contributed by atoms with E-state index in [0.717, 1.165) is 0 Å². The van der Waals surface area contributed by atoms with Crippen molar-refractivity contribution < 1.29 is 28.6 Å². The van der Waals surface area contributed by atoms with Gasteiger partial charge in [-0.05, 0) is 64.0 Å². The normalized spacial score (nSPS) is 13.5. The van der Waals surface area contributed by atoms with Crippen molar-refractivity contribution in [3.8, 4) is 11.5 Å². The number of allylic oxidation sites excluding steroid dienone is 1. The summed E-state index contributed by atoms with van der Waals surface area (Å²) in [6, 6.07) is 18.1. The van der Waals surface area contributed by atoms with Gasteiger partial charge in [-0.25, -0.2) is 9.59 Å². The van der Waals surface area contributed by atoms with Crippen LogP contribution in [0.4, 0.5) is 0 Å². The summed E-state index contributed by atoms with van der Waals surface area (Å²) < 4.78 is 16.4. The zero-order valence-corrected chi connectivity index (χ0v) is 17.8. The van der Waals surface area contributed by atoms with Crippen molar-refractivity contribution >= 4 is 39.7 Å². The van der Waals surface area contributed by atoms with Crippen LogP contribution in [0.3, 0.4) is 0 Å². The highest BCUT2D eigenvalue weighted by molar-refractivity contribution is 9.10. The number of hydrogen-bond donors (Lipinski definition) is 0.